The zero-order valence-electron chi connectivity index (χ0n) is 15.4. The number of hydrogen-bond acceptors (Lipinski definition) is 5. The molecule has 0 N–H and O–H groups in total. The molecule has 27 heavy (non-hydrogen) atoms. The molecule has 0 radical (unpaired) electrons. The summed E-state index contributed by atoms with van der Waals surface area (Å²) in [7, 11) is 1.96. The van der Waals surface area contributed by atoms with Gasteiger partial charge in [-0.2, -0.15) is 0 Å². The molecule has 0 spiro atoms. The van der Waals surface area contributed by atoms with E-state index < -0.39 is 0 Å². The maximum Gasteiger partial charge on any atom is 0.336 e. The summed E-state index contributed by atoms with van der Waals surface area (Å²) in [6.07, 6.45) is 0. The van der Waals surface area contributed by atoms with Crippen LogP contribution in [0.3, 0.4) is 0 Å². The first-order valence-corrected chi connectivity index (χ1v) is 9.63. The summed E-state index contributed by atoms with van der Waals surface area (Å²) < 4.78 is 7.33. The molecule has 0 saturated heterocycles. The van der Waals surface area contributed by atoms with Crippen molar-refractivity contribution in [1.82, 2.24) is 14.8 Å². The maximum absolute atomic E-state index is 11.9. The number of thioether (sulfide) groups is 1. The molecule has 2 aromatic carbocycles. The maximum atomic E-state index is 11.9. The average Bonchev–Trinajstić information content (AvgIpc) is 3.00. The fourth-order valence-electron chi connectivity index (χ4n) is 3.10. The molecule has 0 aliphatic heterocycles. The Morgan fingerprint density at radius 1 is 1.07 bits per heavy atom. The molecule has 2 heterocycles. The first kappa shape index (κ1) is 17.5. The van der Waals surface area contributed by atoms with Gasteiger partial charge in [-0.1, -0.05) is 48.2 Å². The standard InChI is InChI=1S/C21H19N3O2S/c1-13-8-9-17-15(11-19(25)26-18(17)10-13)12-27-21-23-22-20(24(21)3)16-7-5-4-6-14(16)2/h4-11H,12H2,1-3H3. The summed E-state index contributed by atoms with van der Waals surface area (Å²) in [5, 5.41) is 10.5. The van der Waals surface area contributed by atoms with Crippen molar-refractivity contribution in [2.75, 3.05) is 0 Å². The summed E-state index contributed by atoms with van der Waals surface area (Å²) in [5.41, 5.74) is 4.52. The summed E-state index contributed by atoms with van der Waals surface area (Å²) in [6.45, 7) is 4.04. The highest BCUT2D eigenvalue weighted by molar-refractivity contribution is 7.98. The quantitative estimate of drug-likeness (QED) is 0.387. The fourth-order valence-corrected chi connectivity index (χ4v) is 4.00. The number of rotatable bonds is 4. The Labute approximate surface area is 161 Å². The molecule has 5 nitrogen and oxygen atoms in total. The molecular weight excluding hydrogens is 358 g/mol. The van der Waals surface area contributed by atoms with Gasteiger partial charge >= 0.3 is 5.63 Å². The molecule has 136 valence electrons. The Balaban J connectivity index is 1.65. The minimum Gasteiger partial charge on any atom is -0.423 e. The highest BCUT2D eigenvalue weighted by Gasteiger charge is 2.14. The molecule has 0 aliphatic carbocycles. The lowest BCUT2D eigenvalue weighted by Gasteiger charge is -2.07. The normalized spacial score (nSPS) is 11.2. The lowest BCUT2D eigenvalue weighted by Crippen LogP contribution is -2.01. The van der Waals surface area contributed by atoms with Crippen LogP contribution in [0.25, 0.3) is 22.4 Å². The van der Waals surface area contributed by atoms with Gasteiger partial charge in [-0.3, -0.25) is 0 Å². The summed E-state index contributed by atoms with van der Waals surface area (Å²) in [4.78, 5) is 11.9. The lowest BCUT2D eigenvalue weighted by atomic mass is 10.1. The van der Waals surface area contributed by atoms with E-state index in [4.69, 9.17) is 4.42 Å². The van der Waals surface area contributed by atoms with E-state index in [1.54, 1.807) is 17.8 Å². The van der Waals surface area contributed by atoms with E-state index in [0.717, 1.165) is 38.6 Å². The number of aromatic nitrogens is 3. The first-order valence-electron chi connectivity index (χ1n) is 8.64. The largest absolute Gasteiger partial charge is 0.423 e. The van der Waals surface area contributed by atoms with Crippen molar-refractivity contribution < 1.29 is 4.42 Å². The van der Waals surface area contributed by atoms with Gasteiger partial charge in [0.2, 0.25) is 0 Å². The van der Waals surface area contributed by atoms with Crippen LogP contribution in [0.4, 0.5) is 0 Å². The highest BCUT2D eigenvalue weighted by atomic mass is 32.2. The number of hydrogen-bond donors (Lipinski definition) is 0. The van der Waals surface area contributed by atoms with E-state index in [9.17, 15) is 4.79 Å². The van der Waals surface area contributed by atoms with Gasteiger partial charge in [0.1, 0.15) is 5.58 Å². The Bertz CT molecular complexity index is 1190. The van der Waals surface area contributed by atoms with Crippen LogP contribution in [-0.2, 0) is 12.8 Å². The van der Waals surface area contributed by atoms with Crippen molar-refractivity contribution >= 4 is 22.7 Å². The predicted octanol–water partition coefficient (Wildman–Crippen LogP) is 4.50. The third-order valence-electron chi connectivity index (χ3n) is 4.56. The third-order valence-corrected chi connectivity index (χ3v) is 5.63. The smallest absolute Gasteiger partial charge is 0.336 e. The Hall–Kier alpha value is -2.86. The van der Waals surface area contributed by atoms with E-state index in [1.807, 2.05) is 54.9 Å². The van der Waals surface area contributed by atoms with E-state index in [-0.39, 0.29) is 5.63 Å². The number of aryl methyl sites for hydroxylation is 2. The van der Waals surface area contributed by atoms with Crippen molar-refractivity contribution in [3.63, 3.8) is 0 Å². The molecule has 0 fully saturated rings. The van der Waals surface area contributed by atoms with Gasteiger partial charge in [0, 0.05) is 29.8 Å². The molecule has 6 heteroatoms. The van der Waals surface area contributed by atoms with Crippen molar-refractivity contribution in [3.05, 3.63) is 75.6 Å². The Morgan fingerprint density at radius 2 is 1.89 bits per heavy atom. The zero-order chi connectivity index (χ0) is 19.0. The summed E-state index contributed by atoms with van der Waals surface area (Å²) in [5.74, 6) is 1.45. The van der Waals surface area contributed by atoms with Crippen molar-refractivity contribution in [3.8, 4) is 11.4 Å². The zero-order valence-corrected chi connectivity index (χ0v) is 16.2. The summed E-state index contributed by atoms with van der Waals surface area (Å²) >= 11 is 1.56. The SMILES string of the molecule is Cc1ccc2c(CSc3nnc(-c4ccccc4C)n3C)cc(=O)oc2c1. The van der Waals surface area contributed by atoms with Crippen LogP contribution in [0, 0.1) is 13.8 Å². The first-order chi connectivity index (χ1) is 13.0. The molecule has 0 unspecified atom stereocenters. The van der Waals surface area contributed by atoms with Crippen molar-refractivity contribution in [2.45, 2.75) is 24.8 Å². The van der Waals surface area contributed by atoms with Gasteiger partial charge in [-0.25, -0.2) is 4.79 Å². The average molecular weight is 377 g/mol. The van der Waals surface area contributed by atoms with Crippen molar-refractivity contribution in [2.24, 2.45) is 7.05 Å². The molecule has 4 aromatic rings. The van der Waals surface area contributed by atoms with Crippen LogP contribution < -0.4 is 5.63 Å². The molecule has 4 rings (SSSR count). The summed E-state index contributed by atoms with van der Waals surface area (Å²) in [6, 6.07) is 15.6. The van der Waals surface area contributed by atoms with Crippen LogP contribution in [0.15, 0.2) is 62.9 Å². The molecule has 0 aliphatic rings. The van der Waals surface area contributed by atoms with Gasteiger partial charge in [-0.05, 0) is 36.6 Å². The van der Waals surface area contributed by atoms with E-state index in [0.29, 0.717) is 11.3 Å². The molecular formula is C21H19N3O2S. The third kappa shape index (κ3) is 3.40. The molecule has 2 aromatic heterocycles. The number of fused-ring (bicyclic) bond motifs is 1. The molecule has 0 saturated carbocycles. The van der Waals surface area contributed by atoms with Crippen LogP contribution in [0.2, 0.25) is 0 Å². The minimum absolute atomic E-state index is 0.331. The molecule has 0 amide bonds. The van der Waals surface area contributed by atoms with Gasteiger partial charge in [0.15, 0.2) is 11.0 Å². The predicted molar refractivity (Wildman–Crippen MR) is 108 cm³/mol. The topological polar surface area (TPSA) is 60.9 Å². The van der Waals surface area contributed by atoms with Gasteiger partial charge in [0.05, 0.1) is 0 Å². The minimum atomic E-state index is -0.331. The van der Waals surface area contributed by atoms with Crippen molar-refractivity contribution in [1.29, 1.82) is 0 Å². The monoisotopic (exact) mass is 377 g/mol. The second-order valence-corrected chi connectivity index (χ2v) is 7.50. The highest BCUT2D eigenvalue weighted by Crippen LogP contribution is 2.29. The van der Waals surface area contributed by atoms with Gasteiger partial charge in [-0.15, -0.1) is 10.2 Å². The molecule has 0 atom stereocenters. The lowest BCUT2D eigenvalue weighted by molar-refractivity contribution is 0.559. The van der Waals surface area contributed by atoms with E-state index in [1.165, 1.54) is 0 Å². The van der Waals surface area contributed by atoms with E-state index >= 15 is 0 Å². The van der Waals surface area contributed by atoms with Crippen LogP contribution in [0.5, 0.6) is 0 Å². The molecule has 0 bridgehead atoms. The Morgan fingerprint density at radius 3 is 2.70 bits per heavy atom. The Kier molecular flexibility index (Phi) is 4.58. The van der Waals surface area contributed by atoms with Crippen LogP contribution in [-0.4, -0.2) is 14.8 Å². The van der Waals surface area contributed by atoms with Gasteiger partial charge in [0.25, 0.3) is 0 Å². The second kappa shape index (κ2) is 7.04. The van der Waals surface area contributed by atoms with Gasteiger partial charge < -0.3 is 8.98 Å². The van der Waals surface area contributed by atoms with Crippen LogP contribution >= 0.6 is 11.8 Å². The number of benzene rings is 2. The second-order valence-electron chi connectivity index (χ2n) is 6.56. The fraction of sp³-hybridized carbons (Fsp3) is 0.190. The van der Waals surface area contributed by atoms with Crippen LogP contribution in [0.1, 0.15) is 16.7 Å². The number of nitrogens with zero attached hydrogens (tertiary/aromatic N) is 3. The van der Waals surface area contributed by atoms with E-state index in [2.05, 4.69) is 23.2 Å².